The molecule has 0 fully saturated rings. The summed E-state index contributed by atoms with van der Waals surface area (Å²) in [6, 6.07) is 8.48. The Morgan fingerprint density at radius 1 is 1.07 bits per heavy atom. The summed E-state index contributed by atoms with van der Waals surface area (Å²) < 4.78 is 10.9. The van der Waals surface area contributed by atoms with Gasteiger partial charge in [0.15, 0.2) is 6.04 Å². The molecule has 7 heteroatoms. The number of hydrogen-bond donors (Lipinski definition) is 1. The van der Waals surface area contributed by atoms with Crippen LogP contribution in [0.15, 0.2) is 35.4 Å². The predicted octanol–water partition coefficient (Wildman–Crippen LogP) is 3.88. The number of carbonyl (C=O) groups is 2. The maximum atomic E-state index is 12.8. The van der Waals surface area contributed by atoms with Crippen LogP contribution in [0.4, 0.5) is 10.5 Å². The van der Waals surface area contributed by atoms with E-state index in [1.807, 2.05) is 58.0 Å². The lowest BCUT2D eigenvalue weighted by Gasteiger charge is -2.26. The standard InChI is InChI=1S/C21H31N3O4/c1-14(22-19(26)28-21(5,6)7)16-13-17(18(25)27-20(2,3)4)24(23-16)15-11-9-8-10-12-15/h8-12,14,17H,13H2,1-7H3,(H,22,26)/t14-,17?/m0/s1. The van der Waals surface area contributed by atoms with Crippen LogP contribution in [0.2, 0.25) is 0 Å². The van der Waals surface area contributed by atoms with E-state index < -0.39 is 23.3 Å². The predicted molar refractivity (Wildman–Crippen MR) is 109 cm³/mol. The third-order valence-electron chi connectivity index (χ3n) is 3.87. The van der Waals surface area contributed by atoms with Gasteiger partial charge < -0.3 is 14.8 Å². The zero-order valence-electron chi connectivity index (χ0n) is 17.8. The molecule has 0 radical (unpaired) electrons. The van der Waals surface area contributed by atoms with Gasteiger partial charge in [-0.2, -0.15) is 5.10 Å². The van der Waals surface area contributed by atoms with Crippen molar-refractivity contribution in [3.63, 3.8) is 0 Å². The highest BCUT2D eigenvalue weighted by atomic mass is 16.6. The van der Waals surface area contributed by atoms with E-state index in [0.29, 0.717) is 12.1 Å². The molecule has 0 aliphatic carbocycles. The van der Waals surface area contributed by atoms with Crippen LogP contribution in [-0.4, -0.2) is 41.1 Å². The zero-order valence-corrected chi connectivity index (χ0v) is 17.8. The number of benzene rings is 1. The number of esters is 1. The van der Waals surface area contributed by atoms with E-state index in [9.17, 15) is 9.59 Å². The van der Waals surface area contributed by atoms with Crippen molar-refractivity contribution < 1.29 is 19.1 Å². The van der Waals surface area contributed by atoms with Crippen molar-refractivity contribution in [1.29, 1.82) is 0 Å². The minimum Gasteiger partial charge on any atom is -0.458 e. The van der Waals surface area contributed by atoms with Crippen molar-refractivity contribution in [3.8, 4) is 0 Å². The molecule has 154 valence electrons. The fourth-order valence-electron chi connectivity index (χ4n) is 2.74. The third kappa shape index (κ3) is 6.25. The fourth-order valence-corrected chi connectivity index (χ4v) is 2.74. The minimum atomic E-state index is -0.595. The number of para-hydroxylation sites is 1. The summed E-state index contributed by atoms with van der Waals surface area (Å²) >= 11 is 0. The molecule has 0 aromatic heterocycles. The molecule has 1 aliphatic rings. The van der Waals surface area contributed by atoms with Crippen molar-refractivity contribution in [2.45, 2.75) is 78.2 Å². The molecule has 0 bridgehead atoms. The minimum absolute atomic E-state index is 0.348. The lowest BCUT2D eigenvalue weighted by Crippen LogP contribution is -2.42. The molecule has 0 spiro atoms. The van der Waals surface area contributed by atoms with E-state index in [1.54, 1.807) is 25.8 Å². The van der Waals surface area contributed by atoms with Crippen molar-refractivity contribution in [1.82, 2.24) is 5.32 Å². The Hall–Kier alpha value is -2.57. The van der Waals surface area contributed by atoms with Gasteiger partial charge in [-0.05, 0) is 60.6 Å². The molecule has 1 aromatic rings. The first-order valence-electron chi connectivity index (χ1n) is 9.50. The van der Waals surface area contributed by atoms with Gasteiger partial charge in [0.05, 0.1) is 17.4 Å². The topological polar surface area (TPSA) is 80.2 Å². The first-order chi connectivity index (χ1) is 12.9. The quantitative estimate of drug-likeness (QED) is 0.791. The molecule has 28 heavy (non-hydrogen) atoms. The van der Waals surface area contributed by atoms with E-state index >= 15 is 0 Å². The molecule has 1 aromatic carbocycles. The van der Waals surface area contributed by atoms with Gasteiger partial charge in [-0.1, -0.05) is 18.2 Å². The van der Waals surface area contributed by atoms with Crippen LogP contribution in [0.5, 0.6) is 0 Å². The largest absolute Gasteiger partial charge is 0.458 e. The summed E-state index contributed by atoms with van der Waals surface area (Å²) in [4.78, 5) is 24.9. The molecule has 1 N–H and O–H groups in total. The Morgan fingerprint density at radius 2 is 1.64 bits per heavy atom. The number of carbonyl (C=O) groups excluding carboxylic acids is 2. The summed E-state index contributed by atoms with van der Waals surface area (Å²) in [5.74, 6) is -0.348. The molecule has 1 amide bonds. The third-order valence-corrected chi connectivity index (χ3v) is 3.87. The Morgan fingerprint density at radius 3 is 2.18 bits per heavy atom. The Bertz CT molecular complexity index is 732. The second-order valence-electron chi connectivity index (χ2n) is 8.89. The molecule has 2 rings (SSSR count). The van der Waals surface area contributed by atoms with Crippen molar-refractivity contribution in [3.05, 3.63) is 30.3 Å². The normalized spacial score (nSPS) is 18.3. The first kappa shape index (κ1) is 21.7. The fraction of sp³-hybridized carbons (Fsp3) is 0.571. The molecule has 2 atom stereocenters. The number of amides is 1. The highest BCUT2D eigenvalue weighted by Crippen LogP contribution is 2.27. The van der Waals surface area contributed by atoms with E-state index in [1.165, 1.54) is 0 Å². The maximum absolute atomic E-state index is 12.8. The molecule has 0 saturated carbocycles. The number of hydrogen-bond acceptors (Lipinski definition) is 6. The summed E-state index contributed by atoms with van der Waals surface area (Å²) in [7, 11) is 0. The van der Waals surface area contributed by atoms with Gasteiger partial charge in [0, 0.05) is 6.42 Å². The smallest absolute Gasteiger partial charge is 0.408 e. The Balaban J connectivity index is 2.19. The number of anilines is 1. The number of nitrogens with one attached hydrogen (secondary N) is 1. The van der Waals surface area contributed by atoms with Gasteiger partial charge in [0.1, 0.15) is 11.2 Å². The van der Waals surface area contributed by atoms with Gasteiger partial charge in [-0.25, -0.2) is 9.59 Å². The monoisotopic (exact) mass is 389 g/mol. The average Bonchev–Trinajstić information content (AvgIpc) is 2.97. The maximum Gasteiger partial charge on any atom is 0.408 e. The second kappa shape index (κ2) is 8.20. The van der Waals surface area contributed by atoms with Gasteiger partial charge in [-0.3, -0.25) is 5.01 Å². The van der Waals surface area contributed by atoms with E-state index in [-0.39, 0.29) is 12.0 Å². The number of nitrogens with zero attached hydrogens (tertiary/aromatic N) is 2. The molecule has 0 saturated heterocycles. The Kier molecular flexibility index (Phi) is 6.37. The summed E-state index contributed by atoms with van der Waals surface area (Å²) in [6.07, 6.45) is -0.157. The summed E-state index contributed by atoms with van der Waals surface area (Å²) in [5, 5.41) is 9.07. The van der Waals surface area contributed by atoms with Crippen molar-refractivity contribution in [2.75, 3.05) is 5.01 Å². The first-order valence-corrected chi connectivity index (χ1v) is 9.50. The summed E-state index contributed by atoms with van der Waals surface area (Å²) in [6.45, 7) is 12.7. The van der Waals surface area contributed by atoms with Crippen LogP contribution in [0.3, 0.4) is 0 Å². The molecular formula is C21H31N3O4. The van der Waals surface area contributed by atoms with Crippen LogP contribution in [0.1, 0.15) is 54.9 Å². The molecule has 1 heterocycles. The van der Waals surface area contributed by atoms with Crippen molar-refractivity contribution in [2.24, 2.45) is 5.10 Å². The molecule has 1 unspecified atom stereocenters. The van der Waals surface area contributed by atoms with Crippen LogP contribution in [0, 0.1) is 0 Å². The van der Waals surface area contributed by atoms with Gasteiger partial charge in [0.25, 0.3) is 0 Å². The van der Waals surface area contributed by atoms with E-state index in [2.05, 4.69) is 10.4 Å². The SMILES string of the molecule is C[C@H](NC(=O)OC(C)(C)C)C1=NN(c2ccccc2)C(C(=O)OC(C)(C)C)C1. The molecule has 1 aliphatic heterocycles. The van der Waals surface area contributed by atoms with Crippen LogP contribution in [0.25, 0.3) is 0 Å². The van der Waals surface area contributed by atoms with Gasteiger partial charge >= 0.3 is 12.1 Å². The van der Waals surface area contributed by atoms with Gasteiger partial charge in [0.2, 0.25) is 0 Å². The van der Waals surface area contributed by atoms with E-state index in [0.717, 1.165) is 5.69 Å². The summed E-state index contributed by atoms with van der Waals surface area (Å²) in [5.41, 5.74) is 0.294. The molecular weight excluding hydrogens is 358 g/mol. The zero-order chi connectivity index (χ0) is 21.1. The number of ether oxygens (including phenoxy) is 2. The van der Waals surface area contributed by atoms with Crippen molar-refractivity contribution >= 4 is 23.5 Å². The van der Waals surface area contributed by atoms with Crippen LogP contribution >= 0.6 is 0 Å². The van der Waals surface area contributed by atoms with Crippen LogP contribution in [-0.2, 0) is 14.3 Å². The number of alkyl carbamates (subject to hydrolysis) is 1. The lowest BCUT2D eigenvalue weighted by molar-refractivity contribution is -0.156. The Labute approximate surface area is 167 Å². The number of hydrazone groups is 1. The highest BCUT2D eigenvalue weighted by Gasteiger charge is 2.38. The van der Waals surface area contributed by atoms with E-state index in [4.69, 9.17) is 9.47 Å². The average molecular weight is 389 g/mol. The highest BCUT2D eigenvalue weighted by molar-refractivity contribution is 6.00. The van der Waals surface area contributed by atoms with Crippen LogP contribution < -0.4 is 10.3 Å². The number of rotatable bonds is 4. The van der Waals surface area contributed by atoms with Gasteiger partial charge in [-0.15, -0.1) is 0 Å². The second-order valence-corrected chi connectivity index (χ2v) is 8.89. The lowest BCUT2D eigenvalue weighted by atomic mass is 10.1. The molecule has 7 nitrogen and oxygen atoms in total.